The van der Waals surface area contributed by atoms with E-state index in [4.69, 9.17) is 11.6 Å². The number of hydrogen-bond acceptors (Lipinski definition) is 4. The van der Waals surface area contributed by atoms with Crippen molar-refractivity contribution in [2.45, 2.75) is 27.7 Å². The van der Waals surface area contributed by atoms with E-state index in [2.05, 4.69) is 10.5 Å². The third kappa shape index (κ3) is 5.09. The fourth-order valence-corrected chi connectivity index (χ4v) is 4.63. The quantitative estimate of drug-likeness (QED) is 0.219. The number of carboxylic acids is 2. The van der Waals surface area contributed by atoms with Gasteiger partial charge in [-0.1, -0.05) is 11.6 Å². The fraction of sp³-hybridized carbons (Fsp3) is 0.143. The number of aromatic nitrogens is 2. The summed E-state index contributed by atoms with van der Waals surface area (Å²) in [5, 5.41) is 23.2. The molecule has 2 heterocycles. The molecule has 4 rings (SSSR count). The molecule has 2 aromatic heterocycles. The molecule has 38 heavy (non-hydrogen) atoms. The Labute approximate surface area is 223 Å². The Morgan fingerprint density at radius 1 is 0.789 bits per heavy atom. The molecule has 2 aromatic carbocycles. The number of carbonyl (C=O) groups excluding carboxylic acids is 1. The maximum Gasteiger partial charge on any atom is 0.335 e. The fourth-order valence-electron chi connectivity index (χ4n) is 4.43. The van der Waals surface area contributed by atoms with E-state index in [9.17, 15) is 24.6 Å². The first kappa shape index (κ1) is 26.4. The van der Waals surface area contributed by atoms with Gasteiger partial charge >= 0.3 is 11.9 Å². The number of aryl methyl sites for hydroxylation is 3. The zero-order valence-corrected chi connectivity index (χ0v) is 21.9. The number of hydrogen-bond donors (Lipinski definition) is 3. The van der Waals surface area contributed by atoms with E-state index in [0.717, 1.165) is 28.8 Å². The SMILES string of the molecule is Cc1ccc(C)n1-c1ccc(Cl)c(C(=O)NN=Cc2cc(C)n(-c3cc(C(=O)O)cc(C(=O)O)c3)c2C)c1. The highest BCUT2D eigenvalue weighted by Gasteiger charge is 2.17. The Hall–Kier alpha value is -4.63. The molecule has 0 bridgehead atoms. The van der Waals surface area contributed by atoms with Crippen LogP contribution in [0.15, 0.2) is 59.7 Å². The zero-order valence-electron chi connectivity index (χ0n) is 21.1. The normalized spacial score (nSPS) is 11.2. The van der Waals surface area contributed by atoms with Crippen LogP contribution < -0.4 is 5.43 Å². The van der Waals surface area contributed by atoms with E-state index < -0.39 is 17.8 Å². The number of halogens is 1. The summed E-state index contributed by atoms with van der Waals surface area (Å²) >= 11 is 6.31. The molecular weight excluding hydrogens is 508 g/mol. The average molecular weight is 533 g/mol. The van der Waals surface area contributed by atoms with Crippen LogP contribution in [0.25, 0.3) is 11.4 Å². The first-order valence-corrected chi connectivity index (χ1v) is 11.9. The minimum absolute atomic E-state index is 0.140. The number of nitrogens with zero attached hydrogens (tertiary/aromatic N) is 3. The highest BCUT2D eigenvalue weighted by atomic mass is 35.5. The molecule has 0 aliphatic carbocycles. The molecule has 0 aliphatic rings. The molecular formula is C28H25ClN4O5. The van der Waals surface area contributed by atoms with Crippen LogP contribution in [0, 0.1) is 27.7 Å². The maximum absolute atomic E-state index is 12.9. The molecule has 0 atom stereocenters. The van der Waals surface area contributed by atoms with Gasteiger partial charge in [0.05, 0.1) is 27.9 Å². The van der Waals surface area contributed by atoms with Gasteiger partial charge in [-0.25, -0.2) is 15.0 Å². The third-order valence-electron chi connectivity index (χ3n) is 6.23. The zero-order chi connectivity index (χ0) is 27.7. The third-order valence-corrected chi connectivity index (χ3v) is 6.56. The van der Waals surface area contributed by atoms with Gasteiger partial charge in [0, 0.05) is 39.7 Å². The molecule has 0 unspecified atom stereocenters. The van der Waals surface area contributed by atoms with Crippen LogP contribution >= 0.6 is 11.6 Å². The van der Waals surface area contributed by atoms with E-state index in [0.29, 0.717) is 16.9 Å². The van der Waals surface area contributed by atoms with Crippen LogP contribution in [0.3, 0.4) is 0 Å². The lowest BCUT2D eigenvalue weighted by Crippen LogP contribution is -2.18. The number of benzene rings is 2. The van der Waals surface area contributed by atoms with E-state index in [1.165, 1.54) is 18.3 Å². The largest absolute Gasteiger partial charge is 0.478 e. The minimum Gasteiger partial charge on any atom is -0.478 e. The van der Waals surface area contributed by atoms with Crippen LogP contribution in [0.2, 0.25) is 5.02 Å². The van der Waals surface area contributed by atoms with Crippen LogP contribution in [0.5, 0.6) is 0 Å². The number of carbonyl (C=O) groups is 3. The van der Waals surface area contributed by atoms with Gasteiger partial charge in [0.1, 0.15) is 0 Å². The number of amides is 1. The molecule has 9 nitrogen and oxygen atoms in total. The van der Waals surface area contributed by atoms with Crippen LogP contribution in [0.4, 0.5) is 0 Å². The lowest BCUT2D eigenvalue weighted by Gasteiger charge is -2.12. The van der Waals surface area contributed by atoms with E-state index >= 15 is 0 Å². The lowest BCUT2D eigenvalue weighted by molar-refractivity contribution is 0.0696. The van der Waals surface area contributed by atoms with Gasteiger partial charge in [0.25, 0.3) is 5.91 Å². The number of aromatic carboxylic acids is 2. The van der Waals surface area contributed by atoms with Crippen molar-refractivity contribution >= 4 is 35.7 Å². The van der Waals surface area contributed by atoms with Crippen molar-refractivity contribution in [3.05, 3.63) is 105 Å². The Bertz CT molecular complexity index is 1580. The van der Waals surface area contributed by atoms with Crippen LogP contribution in [-0.2, 0) is 0 Å². The van der Waals surface area contributed by atoms with Crippen LogP contribution in [-0.4, -0.2) is 43.4 Å². The summed E-state index contributed by atoms with van der Waals surface area (Å²) in [6.07, 6.45) is 1.47. The molecule has 0 radical (unpaired) electrons. The van der Waals surface area contributed by atoms with E-state index in [1.54, 1.807) is 36.6 Å². The molecule has 0 aliphatic heterocycles. The van der Waals surface area contributed by atoms with Crippen LogP contribution in [0.1, 0.15) is 59.4 Å². The topological polar surface area (TPSA) is 126 Å². The molecule has 194 valence electrons. The lowest BCUT2D eigenvalue weighted by atomic mass is 10.1. The van der Waals surface area contributed by atoms with Gasteiger partial charge in [-0.3, -0.25) is 4.79 Å². The summed E-state index contributed by atoms with van der Waals surface area (Å²) in [4.78, 5) is 35.9. The molecule has 4 aromatic rings. The molecule has 0 saturated heterocycles. The first-order valence-electron chi connectivity index (χ1n) is 11.6. The standard InChI is InChI=1S/C28H25ClN4O5/c1-15-5-6-16(2)32(15)22-7-8-25(29)24(13-22)26(34)31-30-14-21-9-17(3)33(18(21)4)23-11-19(27(35)36)10-20(12-23)28(37)38/h5-14H,1-4H3,(H,31,34)(H,35,36)(H,37,38). The summed E-state index contributed by atoms with van der Waals surface area (Å²) in [5.74, 6) is -2.94. The van der Waals surface area contributed by atoms with E-state index in [-0.39, 0.29) is 21.7 Å². The predicted octanol–water partition coefficient (Wildman–Crippen LogP) is 5.32. The summed E-state index contributed by atoms with van der Waals surface area (Å²) in [5.41, 5.74) is 7.79. The van der Waals surface area contributed by atoms with E-state index in [1.807, 2.05) is 36.6 Å². The maximum atomic E-state index is 12.9. The van der Waals surface area contributed by atoms with Gasteiger partial charge in [0.2, 0.25) is 0 Å². The van der Waals surface area contributed by atoms with Crippen molar-refractivity contribution in [2.75, 3.05) is 0 Å². The Morgan fingerprint density at radius 3 is 1.97 bits per heavy atom. The second-order valence-electron chi connectivity index (χ2n) is 8.86. The van der Waals surface area contributed by atoms with Gasteiger partial charge in [-0.2, -0.15) is 5.10 Å². The molecule has 10 heteroatoms. The Kier molecular flexibility index (Phi) is 7.23. The molecule has 3 N–H and O–H groups in total. The first-order chi connectivity index (χ1) is 18.0. The number of carboxylic acid groups (broad SMARTS) is 2. The highest BCUT2D eigenvalue weighted by Crippen LogP contribution is 2.24. The smallest absolute Gasteiger partial charge is 0.335 e. The molecule has 0 fully saturated rings. The number of nitrogens with one attached hydrogen (secondary N) is 1. The van der Waals surface area contributed by atoms with Gasteiger partial charge in [-0.15, -0.1) is 0 Å². The highest BCUT2D eigenvalue weighted by molar-refractivity contribution is 6.33. The predicted molar refractivity (Wildman–Crippen MR) is 144 cm³/mol. The van der Waals surface area contributed by atoms with Crippen molar-refractivity contribution in [1.29, 1.82) is 0 Å². The Morgan fingerprint density at radius 2 is 1.39 bits per heavy atom. The molecule has 0 saturated carbocycles. The monoisotopic (exact) mass is 532 g/mol. The molecule has 0 spiro atoms. The number of rotatable bonds is 7. The average Bonchev–Trinajstić information content (AvgIpc) is 3.35. The van der Waals surface area contributed by atoms with Crippen molar-refractivity contribution in [1.82, 2.24) is 14.6 Å². The Balaban J connectivity index is 1.60. The molecule has 1 amide bonds. The van der Waals surface area contributed by atoms with Crippen molar-refractivity contribution in [3.63, 3.8) is 0 Å². The minimum atomic E-state index is -1.23. The van der Waals surface area contributed by atoms with Gasteiger partial charge < -0.3 is 19.3 Å². The number of hydrazone groups is 1. The second-order valence-corrected chi connectivity index (χ2v) is 9.26. The summed E-state index contributed by atoms with van der Waals surface area (Å²) in [6.45, 7) is 7.53. The van der Waals surface area contributed by atoms with Gasteiger partial charge in [0.15, 0.2) is 0 Å². The summed E-state index contributed by atoms with van der Waals surface area (Å²) in [6, 6.07) is 14.9. The van der Waals surface area contributed by atoms with Crippen molar-refractivity contribution in [3.8, 4) is 11.4 Å². The summed E-state index contributed by atoms with van der Waals surface area (Å²) < 4.78 is 3.74. The summed E-state index contributed by atoms with van der Waals surface area (Å²) in [7, 11) is 0. The van der Waals surface area contributed by atoms with Crippen molar-refractivity contribution in [2.24, 2.45) is 5.10 Å². The van der Waals surface area contributed by atoms with Crippen molar-refractivity contribution < 1.29 is 24.6 Å². The second kappa shape index (κ2) is 10.4. The van der Waals surface area contributed by atoms with Gasteiger partial charge in [-0.05, 0) is 82.3 Å².